The smallest absolute Gasteiger partial charge is 0.269 e. The van der Waals surface area contributed by atoms with Crippen molar-refractivity contribution in [2.75, 3.05) is 6.54 Å². The molecule has 22 heavy (non-hydrogen) atoms. The highest BCUT2D eigenvalue weighted by Gasteiger charge is 2.11. The Balaban J connectivity index is 1.96. The molecular formula is C16H15FN2O3. The predicted molar refractivity (Wildman–Crippen MR) is 80.2 cm³/mol. The maximum absolute atomic E-state index is 13.1. The Labute approximate surface area is 126 Å². The molecule has 5 nitrogen and oxygen atoms in total. The van der Waals surface area contributed by atoms with E-state index in [2.05, 4.69) is 5.32 Å². The first-order valence-corrected chi connectivity index (χ1v) is 6.75. The molecule has 0 spiro atoms. The molecule has 114 valence electrons. The number of amides is 1. The molecule has 0 aliphatic rings. The third-order valence-corrected chi connectivity index (χ3v) is 3.33. The van der Waals surface area contributed by atoms with Crippen LogP contribution in [0.3, 0.4) is 0 Å². The van der Waals surface area contributed by atoms with Crippen LogP contribution in [-0.4, -0.2) is 17.4 Å². The van der Waals surface area contributed by atoms with E-state index >= 15 is 0 Å². The number of nitro benzene ring substituents is 1. The van der Waals surface area contributed by atoms with Crippen molar-refractivity contribution in [3.63, 3.8) is 0 Å². The van der Waals surface area contributed by atoms with Crippen LogP contribution in [0.5, 0.6) is 0 Å². The van der Waals surface area contributed by atoms with Crippen LogP contribution in [-0.2, 0) is 0 Å². The van der Waals surface area contributed by atoms with Gasteiger partial charge in [0.05, 0.1) is 4.92 Å². The third kappa shape index (κ3) is 3.88. The molecule has 6 heteroatoms. The van der Waals surface area contributed by atoms with Gasteiger partial charge in [-0.25, -0.2) is 4.39 Å². The van der Waals surface area contributed by atoms with E-state index in [4.69, 9.17) is 0 Å². The maximum atomic E-state index is 13.1. The van der Waals surface area contributed by atoms with Crippen molar-refractivity contribution in [1.82, 2.24) is 5.32 Å². The first kappa shape index (κ1) is 15.6. The lowest BCUT2D eigenvalue weighted by Crippen LogP contribution is -2.27. The fourth-order valence-corrected chi connectivity index (χ4v) is 2.02. The van der Waals surface area contributed by atoms with Crippen molar-refractivity contribution in [2.24, 2.45) is 0 Å². The van der Waals surface area contributed by atoms with Crippen LogP contribution in [0.4, 0.5) is 10.1 Å². The molecule has 2 aromatic rings. The van der Waals surface area contributed by atoms with Crippen LogP contribution in [0.15, 0.2) is 48.5 Å². The van der Waals surface area contributed by atoms with Crippen LogP contribution in [0, 0.1) is 15.9 Å². The highest BCUT2D eigenvalue weighted by Crippen LogP contribution is 2.18. The molecule has 0 aromatic heterocycles. The molecular weight excluding hydrogens is 287 g/mol. The Bertz CT molecular complexity index is 686. The van der Waals surface area contributed by atoms with Gasteiger partial charge in [0, 0.05) is 24.2 Å². The van der Waals surface area contributed by atoms with Crippen LogP contribution >= 0.6 is 0 Å². The molecule has 0 aliphatic heterocycles. The lowest BCUT2D eigenvalue weighted by atomic mass is 10.0. The fourth-order valence-electron chi connectivity index (χ4n) is 2.02. The molecule has 0 fully saturated rings. The number of carbonyl (C=O) groups is 1. The molecule has 0 radical (unpaired) electrons. The van der Waals surface area contributed by atoms with E-state index in [-0.39, 0.29) is 23.1 Å². The standard InChI is InChI=1S/C16H15FN2O3/c1-11(12-5-7-15(8-6-12)19(21)22)10-18-16(20)13-3-2-4-14(17)9-13/h2-9,11H,10H2,1H3,(H,18,20). The molecule has 1 amide bonds. The molecule has 0 saturated carbocycles. The Morgan fingerprint density at radius 3 is 2.55 bits per heavy atom. The number of halogens is 1. The van der Waals surface area contributed by atoms with Crippen molar-refractivity contribution in [1.29, 1.82) is 0 Å². The van der Waals surface area contributed by atoms with Gasteiger partial charge in [-0.2, -0.15) is 0 Å². The van der Waals surface area contributed by atoms with Crippen molar-refractivity contribution in [2.45, 2.75) is 12.8 Å². The largest absolute Gasteiger partial charge is 0.351 e. The summed E-state index contributed by atoms with van der Waals surface area (Å²) in [5.41, 5.74) is 1.17. The predicted octanol–water partition coefficient (Wildman–Crippen LogP) is 3.27. The average molecular weight is 302 g/mol. The second-order valence-electron chi connectivity index (χ2n) is 4.97. The zero-order valence-corrected chi connectivity index (χ0v) is 12.0. The van der Waals surface area contributed by atoms with Crippen LogP contribution in [0.1, 0.15) is 28.8 Å². The van der Waals surface area contributed by atoms with Crippen LogP contribution in [0.2, 0.25) is 0 Å². The molecule has 0 saturated heterocycles. The molecule has 0 aliphatic carbocycles. The lowest BCUT2D eigenvalue weighted by molar-refractivity contribution is -0.384. The molecule has 1 unspecified atom stereocenters. The summed E-state index contributed by atoms with van der Waals surface area (Å²) in [4.78, 5) is 22.1. The van der Waals surface area contributed by atoms with E-state index in [1.807, 2.05) is 6.92 Å². The molecule has 1 N–H and O–H groups in total. The van der Waals surface area contributed by atoms with E-state index in [1.165, 1.54) is 36.4 Å². The summed E-state index contributed by atoms with van der Waals surface area (Å²) in [6.07, 6.45) is 0. The molecule has 1 atom stereocenters. The Hall–Kier alpha value is -2.76. The monoisotopic (exact) mass is 302 g/mol. The van der Waals surface area contributed by atoms with E-state index < -0.39 is 10.7 Å². The topological polar surface area (TPSA) is 72.2 Å². The highest BCUT2D eigenvalue weighted by molar-refractivity contribution is 5.94. The number of benzene rings is 2. The van der Waals surface area contributed by atoms with Gasteiger partial charge in [0.15, 0.2) is 0 Å². The summed E-state index contributed by atoms with van der Waals surface area (Å²) in [7, 11) is 0. The first-order valence-electron chi connectivity index (χ1n) is 6.75. The quantitative estimate of drug-likeness (QED) is 0.680. The number of carbonyl (C=O) groups excluding carboxylic acids is 1. The van der Waals surface area contributed by atoms with Crippen molar-refractivity contribution in [3.05, 3.63) is 75.6 Å². The highest BCUT2D eigenvalue weighted by atomic mass is 19.1. The van der Waals surface area contributed by atoms with Crippen molar-refractivity contribution in [3.8, 4) is 0 Å². The normalized spacial score (nSPS) is 11.7. The molecule has 2 aromatic carbocycles. The Morgan fingerprint density at radius 1 is 1.27 bits per heavy atom. The number of nitrogens with one attached hydrogen (secondary N) is 1. The Morgan fingerprint density at radius 2 is 1.95 bits per heavy atom. The van der Waals surface area contributed by atoms with Gasteiger partial charge in [-0.15, -0.1) is 0 Å². The van der Waals surface area contributed by atoms with Gasteiger partial charge in [-0.05, 0) is 29.7 Å². The van der Waals surface area contributed by atoms with Crippen molar-refractivity contribution >= 4 is 11.6 Å². The summed E-state index contributed by atoms with van der Waals surface area (Å²) in [5, 5.41) is 13.3. The minimum atomic E-state index is -0.462. The average Bonchev–Trinajstić information content (AvgIpc) is 2.52. The summed E-state index contributed by atoms with van der Waals surface area (Å²) >= 11 is 0. The third-order valence-electron chi connectivity index (χ3n) is 3.33. The second kappa shape index (κ2) is 6.80. The van der Waals surface area contributed by atoms with E-state index in [0.717, 1.165) is 5.56 Å². The first-order chi connectivity index (χ1) is 10.5. The van der Waals surface area contributed by atoms with Gasteiger partial charge in [0.25, 0.3) is 11.6 Å². The maximum Gasteiger partial charge on any atom is 0.269 e. The molecule has 2 rings (SSSR count). The minimum Gasteiger partial charge on any atom is -0.351 e. The fraction of sp³-hybridized carbons (Fsp3) is 0.188. The number of nitro groups is 1. The lowest BCUT2D eigenvalue weighted by Gasteiger charge is -2.13. The zero-order valence-electron chi connectivity index (χ0n) is 12.0. The zero-order chi connectivity index (χ0) is 16.1. The molecule has 0 bridgehead atoms. The van der Waals surface area contributed by atoms with Gasteiger partial charge < -0.3 is 5.32 Å². The van der Waals surface area contributed by atoms with Gasteiger partial charge in [0.2, 0.25) is 0 Å². The number of nitrogens with zero attached hydrogens (tertiary/aromatic N) is 1. The Kier molecular flexibility index (Phi) is 4.83. The summed E-state index contributed by atoms with van der Waals surface area (Å²) in [6.45, 7) is 2.25. The SMILES string of the molecule is CC(CNC(=O)c1cccc(F)c1)c1ccc([N+](=O)[O-])cc1. The number of hydrogen-bond donors (Lipinski definition) is 1. The van der Waals surface area contributed by atoms with Crippen molar-refractivity contribution < 1.29 is 14.1 Å². The molecule has 0 heterocycles. The summed E-state index contributed by atoms with van der Waals surface area (Å²) in [6, 6.07) is 11.6. The van der Waals surface area contributed by atoms with Gasteiger partial charge in [-0.1, -0.05) is 25.1 Å². The second-order valence-corrected chi connectivity index (χ2v) is 4.97. The minimum absolute atomic E-state index is 0.0155. The number of hydrogen-bond acceptors (Lipinski definition) is 3. The van der Waals surface area contributed by atoms with Crippen LogP contribution < -0.4 is 5.32 Å². The van der Waals surface area contributed by atoms with E-state index in [0.29, 0.717) is 6.54 Å². The van der Waals surface area contributed by atoms with E-state index in [9.17, 15) is 19.3 Å². The number of non-ortho nitro benzene ring substituents is 1. The summed E-state index contributed by atoms with van der Waals surface area (Å²) in [5.74, 6) is -0.831. The number of rotatable bonds is 5. The van der Waals surface area contributed by atoms with Crippen LogP contribution in [0.25, 0.3) is 0 Å². The van der Waals surface area contributed by atoms with Gasteiger partial charge in [-0.3, -0.25) is 14.9 Å². The summed E-state index contributed by atoms with van der Waals surface area (Å²) < 4.78 is 13.1. The van der Waals surface area contributed by atoms with Gasteiger partial charge >= 0.3 is 0 Å². The van der Waals surface area contributed by atoms with Gasteiger partial charge in [0.1, 0.15) is 5.82 Å². The van der Waals surface area contributed by atoms with E-state index in [1.54, 1.807) is 12.1 Å².